The Morgan fingerprint density at radius 3 is 2.50 bits per heavy atom. The van der Waals surface area contributed by atoms with Gasteiger partial charge in [0.05, 0.1) is 6.04 Å². The molecule has 1 aliphatic heterocycles. The van der Waals surface area contributed by atoms with Gasteiger partial charge >= 0.3 is 0 Å². The molecule has 1 aliphatic rings. The minimum Gasteiger partial charge on any atom is -0.352 e. The van der Waals surface area contributed by atoms with Gasteiger partial charge in [-0.25, -0.2) is 0 Å². The van der Waals surface area contributed by atoms with Crippen LogP contribution in [0, 0.1) is 5.92 Å². The number of piperidine rings is 1. The van der Waals surface area contributed by atoms with Gasteiger partial charge < -0.3 is 10.6 Å². The maximum absolute atomic E-state index is 12.6. The zero-order valence-electron chi connectivity index (χ0n) is 16.0. The summed E-state index contributed by atoms with van der Waals surface area (Å²) in [7, 11) is 0. The first-order valence-electron chi connectivity index (χ1n) is 9.65. The molecule has 6 heteroatoms. The third kappa shape index (κ3) is 5.66. The Morgan fingerprint density at radius 2 is 1.82 bits per heavy atom. The molecule has 2 amide bonds. The molecule has 5 nitrogen and oxygen atoms in total. The topological polar surface area (TPSA) is 61.4 Å². The number of carbonyl (C=O) groups excluding carboxylic acids is 2. The highest BCUT2D eigenvalue weighted by Crippen LogP contribution is 2.21. The van der Waals surface area contributed by atoms with Gasteiger partial charge in [0.1, 0.15) is 0 Å². The van der Waals surface area contributed by atoms with Crippen molar-refractivity contribution in [3.63, 3.8) is 0 Å². The summed E-state index contributed by atoms with van der Waals surface area (Å²) in [6, 6.07) is 17.3. The molecule has 2 N–H and O–H groups in total. The van der Waals surface area contributed by atoms with Crippen molar-refractivity contribution in [1.82, 2.24) is 10.2 Å². The lowest BCUT2D eigenvalue weighted by Gasteiger charge is -2.34. The van der Waals surface area contributed by atoms with E-state index in [2.05, 4.69) is 31.5 Å². The van der Waals surface area contributed by atoms with Gasteiger partial charge in [0.25, 0.3) is 0 Å². The van der Waals surface area contributed by atoms with Gasteiger partial charge in [-0.2, -0.15) is 0 Å². The van der Waals surface area contributed by atoms with E-state index in [9.17, 15) is 9.59 Å². The molecule has 1 saturated heterocycles. The van der Waals surface area contributed by atoms with E-state index in [0.29, 0.717) is 6.54 Å². The molecule has 3 rings (SSSR count). The van der Waals surface area contributed by atoms with Crippen LogP contribution < -0.4 is 10.6 Å². The summed E-state index contributed by atoms with van der Waals surface area (Å²) in [5.74, 6) is 0.0973. The van der Waals surface area contributed by atoms with Crippen molar-refractivity contribution in [1.29, 1.82) is 0 Å². The number of benzene rings is 2. The van der Waals surface area contributed by atoms with Crippen LogP contribution >= 0.6 is 15.9 Å². The molecule has 2 aromatic rings. The molecular formula is C22H26BrN3O2. The molecule has 0 spiro atoms. The maximum atomic E-state index is 12.6. The Kier molecular flexibility index (Phi) is 7.23. The number of hydrogen-bond donors (Lipinski definition) is 2. The number of amides is 2. The lowest BCUT2D eigenvalue weighted by Crippen LogP contribution is -2.48. The minimum atomic E-state index is -0.229. The predicted octanol–water partition coefficient (Wildman–Crippen LogP) is 3.80. The summed E-state index contributed by atoms with van der Waals surface area (Å²) in [6.07, 6.45) is 1.55. The standard InChI is InChI=1S/C22H26BrN3O2/c1-16(21(27)25-20-9-5-8-19(23)14-20)26-12-10-18(11-13-26)22(28)24-15-17-6-3-2-4-7-17/h2-9,14,16,18H,10-13,15H2,1H3,(H,24,28)(H,25,27)/t16-/m0/s1. The van der Waals surface area contributed by atoms with Crippen molar-refractivity contribution in [3.05, 3.63) is 64.6 Å². The molecule has 148 valence electrons. The van der Waals surface area contributed by atoms with Crippen molar-refractivity contribution in [2.75, 3.05) is 18.4 Å². The summed E-state index contributed by atoms with van der Waals surface area (Å²) in [4.78, 5) is 27.1. The number of rotatable bonds is 6. The Morgan fingerprint density at radius 1 is 1.11 bits per heavy atom. The van der Waals surface area contributed by atoms with E-state index in [1.165, 1.54) is 0 Å². The number of nitrogens with zero attached hydrogens (tertiary/aromatic N) is 1. The van der Waals surface area contributed by atoms with Crippen LogP contribution in [0.4, 0.5) is 5.69 Å². The molecule has 0 aromatic heterocycles. The summed E-state index contributed by atoms with van der Waals surface area (Å²) in [5, 5.41) is 5.99. The van der Waals surface area contributed by atoms with Crippen LogP contribution in [0.3, 0.4) is 0 Å². The summed E-state index contributed by atoms with van der Waals surface area (Å²) < 4.78 is 0.931. The molecule has 1 heterocycles. The van der Waals surface area contributed by atoms with E-state index >= 15 is 0 Å². The van der Waals surface area contributed by atoms with Crippen molar-refractivity contribution >= 4 is 33.4 Å². The fourth-order valence-corrected chi connectivity index (χ4v) is 3.86. The molecule has 2 aromatic carbocycles. The first-order chi connectivity index (χ1) is 13.5. The van der Waals surface area contributed by atoms with Crippen LogP contribution in [0.2, 0.25) is 0 Å². The van der Waals surface area contributed by atoms with Gasteiger partial charge in [-0.15, -0.1) is 0 Å². The van der Waals surface area contributed by atoms with E-state index in [1.807, 2.05) is 61.5 Å². The SMILES string of the molecule is C[C@@H](C(=O)Nc1cccc(Br)c1)N1CCC(C(=O)NCc2ccccc2)CC1. The lowest BCUT2D eigenvalue weighted by atomic mass is 9.94. The second-order valence-corrected chi connectivity index (χ2v) is 8.10. The number of carbonyl (C=O) groups is 2. The van der Waals surface area contributed by atoms with E-state index < -0.39 is 0 Å². The first-order valence-corrected chi connectivity index (χ1v) is 10.4. The summed E-state index contributed by atoms with van der Waals surface area (Å²) >= 11 is 3.41. The Bertz CT molecular complexity index is 804. The third-order valence-electron chi connectivity index (χ3n) is 5.23. The number of nitrogens with one attached hydrogen (secondary N) is 2. The molecule has 0 unspecified atom stereocenters. The van der Waals surface area contributed by atoms with Gasteiger partial charge in [0, 0.05) is 22.6 Å². The Balaban J connectivity index is 1.44. The molecular weight excluding hydrogens is 418 g/mol. The van der Waals surface area contributed by atoms with Crippen LogP contribution in [-0.2, 0) is 16.1 Å². The highest BCUT2D eigenvalue weighted by atomic mass is 79.9. The first kappa shape index (κ1) is 20.6. The molecule has 0 aliphatic carbocycles. The highest BCUT2D eigenvalue weighted by molar-refractivity contribution is 9.10. The number of anilines is 1. The third-order valence-corrected chi connectivity index (χ3v) is 5.72. The zero-order chi connectivity index (χ0) is 19.9. The van der Waals surface area contributed by atoms with Crippen LogP contribution in [0.1, 0.15) is 25.3 Å². The average Bonchev–Trinajstić information content (AvgIpc) is 2.72. The Hall–Kier alpha value is -2.18. The average molecular weight is 444 g/mol. The molecule has 0 radical (unpaired) electrons. The fourth-order valence-electron chi connectivity index (χ4n) is 3.46. The van der Waals surface area contributed by atoms with Gasteiger partial charge in [-0.3, -0.25) is 14.5 Å². The van der Waals surface area contributed by atoms with Crippen LogP contribution in [0.5, 0.6) is 0 Å². The van der Waals surface area contributed by atoms with Gasteiger partial charge in [0.2, 0.25) is 11.8 Å². The predicted molar refractivity (Wildman–Crippen MR) is 115 cm³/mol. The minimum absolute atomic E-state index is 0.0142. The monoisotopic (exact) mass is 443 g/mol. The fraction of sp³-hybridized carbons (Fsp3) is 0.364. The van der Waals surface area contributed by atoms with Crippen molar-refractivity contribution in [3.8, 4) is 0 Å². The molecule has 1 atom stereocenters. The van der Waals surface area contributed by atoms with Gasteiger partial charge in [-0.1, -0.05) is 52.3 Å². The second-order valence-electron chi connectivity index (χ2n) is 7.19. The number of likely N-dealkylation sites (tertiary alicyclic amines) is 1. The van der Waals surface area contributed by atoms with E-state index in [0.717, 1.165) is 41.7 Å². The van der Waals surface area contributed by atoms with Crippen molar-refractivity contribution < 1.29 is 9.59 Å². The van der Waals surface area contributed by atoms with Gasteiger partial charge in [-0.05, 0) is 56.6 Å². The smallest absolute Gasteiger partial charge is 0.241 e. The maximum Gasteiger partial charge on any atom is 0.241 e. The molecule has 0 bridgehead atoms. The van der Waals surface area contributed by atoms with Crippen LogP contribution in [0.15, 0.2) is 59.1 Å². The van der Waals surface area contributed by atoms with Crippen molar-refractivity contribution in [2.45, 2.75) is 32.4 Å². The summed E-state index contributed by atoms with van der Waals surface area (Å²) in [6.45, 7) is 3.97. The second kappa shape index (κ2) is 9.85. The summed E-state index contributed by atoms with van der Waals surface area (Å²) in [5.41, 5.74) is 1.88. The van der Waals surface area contributed by atoms with Gasteiger partial charge in [0.15, 0.2) is 0 Å². The zero-order valence-corrected chi connectivity index (χ0v) is 17.6. The Labute approximate surface area is 174 Å². The molecule has 28 heavy (non-hydrogen) atoms. The quantitative estimate of drug-likeness (QED) is 0.713. The number of hydrogen-bond acceptors (Lipinski definition) is 3. The van der Waals surface area contributed by atoms with Crippen molar-refractivity contribution in [2.24, 2.45) is 5.92 Å². The van der Waals surface area contributed by atoms with Crippen LogP contribution in [0.25, 0.3) is 0 Å². The highest BCUT2D eigenvalue weighted by Gasteiger charge is 2.29. The number of halogens is 1. The van der Waals surface area contributed by atoms with E-state index in [1.54, 1.807) is 0 Å². The van der Waals surface area contributed by atoms with Crippen LogP contribution in [-0.4, -0.2) is 35.8 Å². The normalized spacial score (nSPS) is 16.4. The largest absolute Gasteiger partial charge is 0.352 e. The molecule has 0 saturated carbocycles. The molecule has 1 fully saturated rings. The van der Waals surface area contributed by atoms with E-state index in [4.69, 9.17) is 0 Å². The van der Waals surface area contributed by atoms with E-state index in [-0.39, 0.29) is 23.8 Å². The lowest BCUT2D eigenvalue weighted by molar-refractivity contribution is -0.127.